The number of benzene rings is 2. The molecule has 0 unspecified atom stereocenters. The number of hydrogen-bond acceptors (Lipinski definition) is 3. The van der Waals surface area contributed by atoms with Gasteiger partial charge in [0.05, 0.1) is 19.2 Å². The molecule has 110 valence electrons. The second-order valence-electron chi connectivity index (χ2n) is 5.33. The van der Waals surface area contributed by atoms with E-state index in [1.165, 1.54) is 11.1 Å². The third-order valence-corrected chi connectivity index (χ3v) is 3.44. The fourth-order valence-corrected chi connectivity index (χ4v) is 2.44. The van der Waals surface area contributed by atoms with Gasteiger partial charge in [0.15, 0.2) is 5.78 Å². The molecule has 0 heterocycles. The summed E-state index contributed by atoms with van der Waals surface area (Å²) in [7, 11) is 3.52. The van der Waals surface area contributed by atoms with Gasteiger partial charge in [-0.1, -0.05) is 18.2 Å². The Hall–Kier alpha value is -2.29. The van der Waals surface area contributed by atoms with Crippen molar-refractivity contribution in [2.45, 2.75) is 13.8 Å². The summed E-state index contributed by atoms with van der Waals surface area (Å²) in [6.45, 7) is 4.45. The first-order chi connectivity index (χ1) is 10.0. The second kappa shape index (κ2) is 6.44. The van der Waals surface area contributed by atoms with Gasteiger partial charge in [-0.25, -0.2) is 0 Å². The van der Waals surface area contributed by atoms with Crippen LogP contribution >= 0.6 is 0 Å². The first-order valence-corrected chi connectivity index (χ1v) is 6.97. The Kier molecular flexibility index (Phi) is 4.63. The number of ether oxygens (including phenoxy) is 1. The summed E-state index contributed by atoms with van der Waals surface area (Å²) in [5.41, 5.74) is 4.06. The predicted octanol–water partition coefficient (Wildman–Crippen LogP) is 3.63. The Balaban J connectivity index is 2.18. The van der Waals surface area contributed by atoms with E-state index in [0.29, 0.717) is 17.9 Å². The molecule has 0 amide bonds. The Morgan fingerprint density at radius 3 is 2.33 bits per heavy atom. The summed E-state index contributed by atoms with van der Waals surface area (Å²) in [5, 5.41) is 0. The number of carbonyl (C=O) groups excluding carboxylic acids is 1. The number of nitrogens with zero attached hydrogens (tertiary/aromatic N) is 1. The second-order valence-corrected chi connectivity index (χ2v) is 5.33. The van der Waals surface area contributed by atoms with Crippen molar-refractivity contribution in [1.29, 1.82) is 0 Å². The van der Waals surface area contributed by atoms with Crippen LogP contribution in [0.4, 0.5) is 5.69 Å². The average molecular weight is 283 g/mol. The fraction of sp³-hybridized carbons (Fsp3) is 0.278. The summed E-state index contributed by atoms with van der Waals surface area (Å²) >= 11 is 0. The molecule has 0 fully saturated rings. The van der Waals surface area contributed by atoms with Crippen LogP contribution in [0.25, 0.3) is 0 Å². The summed E-state index contributed by atoms with van der Waals surface area (Å²) in [6, 6.07) is 13.6. The minimum atomic E-state index is 0.0501. The van der Waals surface area contributed by atoms with Crippen LogP contribution in [0.2, 0.25) is 0 Å². The molecule has 0 bridgehead atoms. The minimum absolute atomic E-state index is 0.0501. The van der Waals surface area contributed by atoms with Crippen molar-refractivity contribution >= 4 is 11.5 Å². The van der Waals surface area contributed by atoms with Crippen molar-refractivity contribution in [2.75, 3.05) is 25.6 Å². The number of para-hydroxylation sites is 1. The summed E-state index contributed by atoms with van der Waals surface area (Å²) in [6.07, 6.45) is 0. The highest BCUT2D eigenvalue weighted by atomic mass is 16.5. The molecule has 0 aliphatic carbocycles. The van der Waals surface area contributed by atoms with E-state index in [-0.39, 0.29) is 5.78 Å². The van der Waals surface area contributed by atoms with E-state index in [9.17, 15) is 4.79 Å². The number of Topliss-reactive ketones (excluding diaryl/α,β-unsaturated/α-hetero) is 1. The molecule has 3 heteroatoms. The van der Waals surface area contributed by atoms with Gasteiger partial charge in [0.25, 0.3) is 0 Å². The molecule has 0 atom stereocenters. The van der Waals surface area contributed by atoms with E-state index < -0.39 is 0 Å². The minimum Gasteiger partial charge on any atom is -0.496 e. The molecule has 2 aromatic rings. The van der Waals surface area contributed by atoms with Gasteiger partial charge in [-0.05, 0) is 49.2 Å². The highest BCUT2D eigenvalue weighted by molar-refractivity contribution is 6.01. The van der Waals surface area contributed by atoms with E-state index in [2.05, 4.69) is 32.0 Å². The van der Waals surface area contributed by atoms with Crippen molar-refractivity contribution in [1.82, 2.24) is 0 Å². The lowest BCUT2D eigenvalue weighted by molar-refractivity contribution is 0.0997. The fourth-order valence-electron chi connectivity index (χ4n) is 2.44. The van der Waals surface area contributed by atoms with Crippen LogP contribution in [0, 0.1) is 13.8 Å². The third kappa shape index (κ3) is 3.63. The summed E-state index contributed by atoms with van der Waals surface area (Å²) in [5.74, 6) is 0.672. The Bertz CT molecular complexity index is 629. The zero-order valence-electron chi connectivity index (χ0n) is 13.0. The van der Waals surface area contributed by atoms with E-state index in [4.69, 9.17) is 4.74 Å². The van der Waals surface area contributed by atoms with Gasteiger partial charge in [0, 0.05) is 12.7 Å². The van der Waals surface area contributed by atoms with E-state index >= 15 is 0 Å². The van der Waals surface area contributed by atoms with Crippen molar-refractivity contribution in [3.8, 4) is 5.75 Å². The van der Waals surface area contributed by atoms with Gasteiger partial charge in [0.1, 0.15) is 5.75 Å². The molecular weight excluding hydrogens is 262 g/mol. The Labute approximate surface area is 126 Å². The van der Waals surface area contributed by atoms with Gasteiger partial charge in [0.2, 0.25) is 0 Å². The van der Waals surface area contributed by atoms with Crippen molar-refractivity contribution < 1.29 is 9.53 Å². The van der Waals surface area contributed by atoms with Crippen LogP contribution in [0.5, 0.6) is 5.75 Å². The lowest BCUT2D eigenvalue weighted by Gasteiger charge is -2.20. The maximum Gasteiger partial charge on any atom is 0.185 e. The molecule has 0 aliphatic heterocycles. The highest BCUT2D eigenvalue weighted by Gasteiger charge is 2.14. The predicted molar refractivity (Wildman–Crippen MR) is 86.5 cm³/mol. The first-order valence-electron chi connectivity index (χ1n) is 6.97. The topological polar surface area (TPSA) is 29.5 Å². The molecular formula is C18H21NO2. The number of methoxy groups -OCH3 is 1. The van der Waals surface area contributed by atoms with Gasteiger partial charge in [-0.3, -0.25) is 4.79 Å². The van der Waals surface area contributed by atoms with E-state index in [1.54, 1.807) is 13.2 Å². The van der Waals surface area contributed by atoms with Gasteiger partial charge in [-0.15, -0.1) is 0 Å². The van der Waals surface area contributed by atoms with Crippen molar-refractivity contribution in [3.63, 3.8) is 0 Å². The van der Waals surface area contributed by atoms with Crippen LogP contribution in [0.15, 0.2) is 42.5 Å². The normalized spacial score (nSPS) is 10.3. The number of anilines is 1. The Morgan fingerprint density at radius 2 is 1.71 bits per heavy atom. The van der Waals surface area contributed by atoms with Crippen LogP contribution < -0.4 is 9.64 Å². The lowest BCUT2D eigenvalue weighted by atomic mass is 10.1. The number of aryl methyl sites for hydroxylation is 2. The molecule has 21 heavy (non-hydrogen) atoms. The van der Waals surface area contributed by atoms with Crippen LogP contribution in [0.3, 0.4) is 0 Å². The molecule has 0 saturated heterocycles. The average Bonchev–Trinajstić information content (AvgIpc) is 2.46. The number of ketones is 1. The molecule has 0 aromatic heterocycles. The van der Waals surface area contributed by atoms with Crippen LogP contribution in [-0.4, -0.2) is 26.5 Å². The number of rotatable bonds is 5. The quantitative estimate of drug-likeness (QED) is 0.785. The molecule has 0 aliphatic rings. The van der Waals surface area contributed by atoms with Crippen molar-refractivity contribution in [2.24, 2.45) is 0 Å². The maximum absolute atomic E-state index is 12.5. The van der Waals surface area contributed by atoms with Crippen molar-refractivity contribution in [3.05, 3.63) is 59.2 Å². The molecule has 2 aromatic carbocycles. The molecule has 0 N–H and O–H groups in total. The van der Waals surface area contributed by atoms with Gasteiger partial charge >= 0.3 is 0 Å². The number of carbonyl (C=O) groups is 1. The zero-order chi connectivity index (χ0) is 15.4. The van der Waals surface area contributed by atoms with E-state index in [1.807, 2.05) is 30.1 Å². The third-order valence-electron chi connectivity index (χ3n) is 3.44. The highest BCUT2D eigenvalue weighted by Crippen LogP contribution is 2.21. The van der Waals surface area contributed by atoms with Crippen LogP contribution in [-0.2, 0) is 0 Å². The molecule has 0 saturated carbocycles. The largest absolute Gasteiger partial charge is 0.496 e. The zero-order valence-corrected chi connectivity index (χ0v) is 13.0. The summed E-state index contributed by atoms with van der Waals surface area (Å²) < 4.78 is 5.25. The van der Waals surface area contributed by atoms with E-state index in [0.717, 1.165) is 5.69 Å². The SMILES string of the molecule is COc1ccccc1C(=O)CN(C)c1cc(C)cc(C)c1. The standard InChI is InChI=1S/C18H21NO2/c1-13-9-14(2)11-15(10-13)19(3)12-17(20)16-7-5-6-8-18(16)21-4/h5-11H,12H2,1-4H3. The molecule has 3 nitrogen and oxygen atoms in total. The summed E-state index contributed by atoms with van der Waals surface area (Å²) in [4.78, 5) is 14.4. The van der Waals surface area contributed by atoms with Crippen LogP contribution in [0.1, 0.15) is 21.5 Å². The molecule has 2 rings (SSSR count). The monoisotopic (exact) mass is 283 g/mol. The molecule has 0 spiro atoms. The number of likely N-dealkylation sites (N-methyl/N-ethyl adjacent to an activating group) is 1. The Morgan fingerprint density at radius 1 is 1.10 bits per heavy atom. The van der Waals surface area contributed by atoms with Gasteiger partial charge < -0.3 is 9.64 Å². The lowest BCUT2D eigenvalue weighted by Crippen LogP contribution is -2.26. The smallest absolute Gasteiger partial charge is 0.185 e. The maximum atomic E-state index is 12.5. The van der Waals surface area contributed by atoms with Gasteiger partial charge in [-0.2, -0.15) is 0 Å². The first kappa shape index (κ1) is 15.1. The molecule has 0 radical (unpaired) electrons. The number of hydrogen-bond donors (Lipinski definition) is 0.